The van der Waals surface area contributed by atoms with E-state index >= 15 is 0 Å². The average Bonchev–Trinajstić information content (AvgIpc) is 2.37. The maximum Gasteiger partial charge on any atom is 0.333 e. The number of anilines is 1. The summed E-state index contributed by atoms with van der Waals surface area (Å²) >= 11 is 0. The van der Waals surface area contributed by atoms with Crippen molar-refractivity contribution >= 4 is 17.3 Å². The highest BCUT2D eigenvalue weighted by molar-refractivity contribution is 5.76. The second kappa shape index (κ2) is 7.32. The molecule has 0 aliphatic heterocycles. The summed E-state index contributed by atoms with van der Waals surface area (Å²) in [6.07, 6.45) is 0.0814. The van der Waals surface area contributed by atoms with Gasteiger partial charge in [-0.3, -0.25) is 14.9 Å². The Labute approximate surface area is 117 Å². The summed E-state index contributed by atoms with van der Waals surface area (Å²) < 4.78 is 5.43. The first-order chi connectivity index (χ1) is 9.45. The van der Waals surface area contributed by atoms with E-state index in [1.54, 1.807) is 39.1 Å². The van der Waals surface area contributed by atoms with Crippen LogP contribution >= 0.6 is 0 Å². The van der Waals surface area contributed by atoms with Crippen LogP contribution in [0.5, 0.6) is 5.75 Å². The van der Waals surface area contributed by atoms with Crippen LogP contribution in [0, 0.1) is 10.1 Å². The molecule has 0 aromatic heterocycles. The molecule has 2 N–H and O–H groups in total. The Balaban J connectivity index is 2.89. The monoisotopic (exact) mass is 281 g/mol. The minimum Gasteiger partial charge on any atom is -0.484 e. The van der Waals surface area contributed by atoms with Crippen LogP contribution in [0.4, 0.5) is 11.4 Å². The van der Waals surface area contributed by atoms with Gasteiger partial charge in [0.15, 0.2) is 5.75 Å². The lowest BCUT2D eigenvalue weighted by Crippen LogP contribution is -2.21. The molecule has 0 spiro atoms. The number of nitrogens with one attached hydrogen (secondary N) is 2. The van der Waals surface area contributed by atoms with E-state index < -0.39 is 4.92 Å². The van der Waals surface area contributed by atoms with Crippen LogP contribution in [0.2, 0.25) is 0 Å². The van der Waals surface area contributed by atoms with E-state index in [0.717, 1.165) is 0 Å². The molecule has 0 radical (unpaired) electrons. The van der Waals surface area contributed by atoms with Crippen molar-refractivity contribution in [2.24, 2.45) is 0 Å². The molecule has 110 valence electrons. The van der Waals surface area contributed by atoms with E-state index in [9.17, 15) is 14.9 Å². The van der Waals surface area contributed by atoms with Gasteiger partial charge < -0.3 is 15.4 Å². The van der Waals surface area contributed by atoms with Crippen LogP contribution in [0.15, 0.2) is 18.2 Å². The molecule has 0 bridgehead atoms. The van der Waals surface area contributed by atoms with Crippen molar-refractivity contribution < 1.29 is 14.5 Å². The zero-order valence-electron chi connectivity index (χ0n) is 11.8. The number of rotatable bonds is 7. The number of nitro benzene ring substituents is 1. The third kappa shape index (κ3) is 4.42. The van der Waals surface area contributed by atoms with E-state index in [1.807, 2.05) is 0 Å². The van der Waals surface area contributed by atoms with Gasteiger partial charge in [-0.25, -0.2) is 0 Å². The molecule has 1 amide bonds. The first-order valence-corrected chi connectivity index (χ1v) is 6.34. The maximum absolute atomic E-state index is 11.2. The number of hydrogen-bond donors (Lipinski definition) is 2. The van der Waals surface area contributed by atoms with E-state index in [0.29, 0.717) is 12.2 Å². The molecule has 0 saturated carbocycles. The lowest BCUT2D eigenvalue weighted by molar-refractivity contribution is -0.385. The Bertz CT molecular complexity index is 489. The molecule has 0 heterocycles. The van der Waals surface area contributed by atoms with E-state index in [-0.39, 0.29) is 29.9 Å². The average molecular weight is 281 g/mol. The number of ether oxygens (including phenoxy) is 1. The van der Waals surface area contributed by atoms with Crippen LogP contribution in [0.25, 0.3) is 0 Å². The Morgan fingerprint density at radius 1 is 1.45 bits per heavy atom. The second-order valence-electron chi connectivity index (χ2n) is 4.43. The van der Waals surface area contributed by atoms with E-state index in [2.05, 4.69) is 10.6 Å². The second-order valence-corrected chi connectivity index (χ2v) is 4.43. The Kier molecular flexibility index (Phi) is 5.76. The highest BCUT2D eigenvalue weighted by Gasteiger charge is 2.21. The molecule has 7 nitrogen and oxygen atoms in total. The van der Waals surface area contributed by atoms with Crippen LogP contribution in [0.3, 0.4) is 0 Å². The summed E-state index contributed by atoms with van der Waals surface area (Å²) in [4.78, 5) is 21.8. The molecule has 1 aromatic carbocycles. The Hall–Kier alpha value is -2.31. The van der Waals surface area contributed by atoms with Crippen molar-refractivity contribution in [2.45, 2.75) is 26.4 Å². The molecule has 7 heteroatoms. The minimum atomic E-state index is -0.486. The zero-order chi connectivity index (χ0) is 15.1. The lowest BCUT2D eigenvalue weighted by atomic mass is 10.2. The molecule has 0 fully saturated rings. The van der Waals surface area contributed by atoms with E-state index in [4.69, 9.17) is 4.74 Å². The fourth-order valence-corrected chi connectivity index (χ4v) is 1.64. The predicted octanol–water partition coefficient (Wildman–Crippen LogP) is 1.93. The Morgan fingerprint density at radius 2 is 2.15 bits per heavy atom. The van der Waals surface area contributed by atoms with Crippen molar-refractivity contribution in [2.75, 3.05) is 18.9 Å². The predicted molar refractivity (Wildman–Crippen MR) is 76.0 cm³/mol. The lowest BCUT2D eigenvalue weighted by Gasteiger charge is -2.13. The molecule has 0 unspecified atom stereocenters. The van der Waals surface area contributed by atoms with Crippen LogP contribution in [-0.2, 0) is 4.79 Å². The van der Waals surface area contributed by atoms with Gasteiger partial charge in [-0.15, -0.1) is 0 Å². The van der Waals surface area contributed by atoms with Crippen molar-refractivity contribution in [1.29, 1.82) is 0 Å². The number of amides is 1. The first-order valence-electron chi connectivity index (χ1n) is 6.34. The molecular formula is C13H19N3O4. The van der Waals surface area contributed by atoms with Gasteiger partial charge in [0.05, 0.1) is 11.0 Å². The van der Waals surface area contributed by atoms with Crippen molar-refractivity contribution in [1.82, 2.24) is 5.32 Å². The normalized spacial score (nSPS) is 10.2. The van der Waals surface area contributed by atoms with Gasteiger partial charge in [0.25, 0.3) is 0 Å². The topological polar surface area (TPSA) is 93.5 Å². The summed E-state index contributed by atoms with van der Waals surface area (Å²) in [6, 6.07) is 4.82. The highest BCUT2D eigenvalue weighted by atomic mass is 16.6. The number of nitrogens with zero attached hydrogens (tertiary/aromatic N) is 1. The Morgan fingerprint density at radius 3 is 2.70 bits per heavy atom. The van der Waals surface area contributed by atoms with Crippen molar-refractivity contribution in [3.63, 3.8) is 0 Å². The van der Waals surface area contributed by atoms with Crippen LogP contribution in [-0.4, -0.2) is 30.5 Å². The standard InChI is InChI=1S/C13H19N3O4/c1-9(2)20-11-6-4-5-10(13(11)16(18)19)15-8-7-12(17)14-3/h4-6,9,15H,7-8H2,1-3H3,(H,14,17). The number of carbonyl (C=O) groups excluding carboxylic acids is 1. The van der Waals surface area contributed by atoms with Crippen molar-refractivity contribution in [3.05, 3.63) is 28.3 Å². The maximum atomic E-state index is 11.2. The molecule has 1 rings (SSSR count). The number of nitro groups is 1. The van der Waals surface area contributed by atoms with Gasteiger partial charge in [0.1, 0.15) is 5.69 Å². The summed E-state index contributed by atoms with van der Waals surface area (Å²) in [5.41, 5.74) is 0.232. The van der Waals surface area contributed by atoms with Gasteiger partial charge in [-0.1, -0.05) is 6.07 Å². The number of para-hydroxylation sites is 1. The third-order valence-corrected chi connectivity index (χ3v) is 2.49. The number of carbonyl (C=O) groups is 1. The summed E-state index contributed by atoms with van der Waals surface area (Å²) in [5.74, 6) is 0.0877. The van der Waals surface area contributed by atoms with Gasteiger partial charge >= 0.3 is 5.69 Å². The van der Waals surface area contributed by atoms with Gasteiger partial charge in [-0.05, 0) is 26.0 Å². The first kappa shape index (κ1) is 15.7. The molecular weight excluding hydrogens is 262 g/mol. The quantitative estimate of drug-likeness (QED) is 0.588. The molecule has 0 saturated heterocycles. The smallest absolute Gasteiger partial charge is 0.333 e. The summed E-state index contributed by atoms with van der Waals surface area (Å²) in [7, 11) is 1.54. The fourth-order valence-electron chi connectivity index (χ4n) is 1.64. The molecule has 20 heavy (non-hydrogen) atoms. The fraction of sp³-hybridized carbons (Fsp3) is 0.462. The molecule has 0 aliphatic carbocycles. The van der Waals surface area contributed by atoms with Crippen LogP contribution in [0.1, 0.15) is 20.3 Å². The van der Waals surface area contributed by atoms with E-state index in [1.165, 1.54) is 0 Å². The molecule has 0 aliphatic rings. The number of benzene rings is 1. The zero-order valence-corrected chi connectivity index (χ0v) is 11.8. The molecule has 0 atom stereocenters. The van der Waals surface area contributed by atoms with Gasteiger partial charge in [-0.2, -0.15) is 0 Å². The minimum absolute atomic E-state index is 0.113. The largest absolute Gasteiger partial charge is 0.484 e. The van der Waals surface area contributed by atoms with Gasteiger partial charge in [0.2, 0.25) is 5.91 Å². The number of hydrogen-bond acceptors (Lipinski definition) is 5. The van der Waals surface area contributed by atoms with Gasteiger partial charge in [0, 0.05) is 20.0 Å². The summed E-state index contributed by atoms with van der Waals surface area (Å²) in [5, 5.41) is 16.6. The summed E-state index contributed by atoms with van der Waals surface area (Å²) in [6.45, 7) is 3.91. The van der Waals surface area contributed by atoms with Crippen molar-refractivity contribution in [3.8, 4) is 5.75 Å². The highest BCUT2D eigenvalue weighted by Crippen LogP contribution is 2.35. The third-order valence-electron chi connectivity index (χ3n) is 2.49. The molecule has 1 aromatic rings. The SMILES string of the molecule is CNC(=O)CCNc1cccc(OC(C)C)c1[N+](=O)[O-]. The van der Waals surface area contributed by atoms with Crippen LogP contribution < -0.4 is 15.4 Å².